The van der Waals surface area contributed by atoms with Crippen LogP contribution in [0.1, 0.15) is 35.6 Å². The molecule has 1 aromatic carbocycles. The van der Waals surface area contributed by atoms with E-state index in [-0.39, 0.29) is 6.61 Å². The van der Waals surface area contributed by atoms with Crippen LogP contribution in [-0.2, 0) is 19.6 Å². The summed E-state index contributed by atoms with van der Waals surface area (Å²) in [6.07, 6.45) is 15.7. The van der Waals surface area contributed by atoms with E-state index in [1.807, 2.05) is 47.3 Å². The average Bonchev–Trinajstić information content (AvgIpc) is 3.48. The minimum Gasteiger partial charge on any atom is -0.457 e. The number of oxazole rings is 1. The van der Waals surface area contributed by atoms with Crippen LogP contribution in [0.15, 0.2) is 65.8 Å². The van der Waals surface area contributed by atoms with E-state index in [1.165, 1.54) is 0 Å². The first-order valence-corrected chi connectivity index (χ1v) is 10.4. The lowest BCUT2D eigenvalue weighted by atomic mass is 10.1. The van der Waals surface area contributed by atoms with Gasteiger partial charge in [0.25, 0.3) is 0 Å². The summed E-state index contributed by atoms with van der Waals surface area (Å²) in [6, 6.07) is 9.77. The zero-order chi connectivity index (χ0) is 21.3. The van der Waals surface area contributed by atoms with Crippen molar-refractivity contribution >= 4 is 23.8 Å². The fourth-order valence-electron chi connectivity index (χ4n) is 2.93. The predicted molar refractivity (Wildman–Crippen MR) is 118 cm³/mol. The van der Waals surface area contributed by atoms with Crippen molar-refractivity contribution in [3.63, 3.8) is 0 Å². The average molecular weight is 436 g/mol. The quantitative estimate of drug-likeness (QED) is 0.323. The normalized spacial score (nSPS) is 11.3. The van der Waals surface area contributed by atoms with E-state index in [9.17, 15) is 0 Å². The zero-order valence-corrected chi connectivity index (χ0v) is 17.7. The highest BCUT2D eigenvalue weighted by atomic mass is 35.5. The van der Waals surface area contributed by atoms with Crippen LogP contribution >= 0.6 is 11.6 Å². The molecule has 31 heavy (non-hydrogen) atoms. The van der Waals surface area contributed by atoms with Gasteiger partial charge in [0.1, 0.15) is 18.6 Å². The number of hydrogen-bond acceptors (Lipinski definition) is 6. The summed E-state index contributed by atoms with van der Waals surface area (Å²) in [7, 11) is 0. The third-order valence-electron chi connectivity index (χ3n) is 4.55. The van der Waals surface area contributed by atoms with Crippen molar-refractivity contribution in [3.05, 3.63) is 89.1 Å². The van der Waals surface area contributed by atoms with Gasteiger partial charge in [0.2, 0.25) is 5.89 Å². The van der Waals surface area contributed by atoms with E-state index < -0.39 is 0 Å². The minimum absolute atomic E-state index is 0.238. The van der Waals surface area contributed by atoms with Crippen molar-refractivity contribution in [1.29, 1.82) is 0 Å². The smallest absolute Gasteiger partial charge is 0.316 e. The predicted octanol–water partition coefficient (Wildman–Crippen LogP) is 5.09. The number of unbranched alkanes of at least 4 members (excludes halogenated alkanes) is 1. The Morgan fingerprint density at radius 1 is 1.06 bits per heavy atom. The maximum absolute atomic E-state index is 5.89. The number of hydrogen-bond donors (Lipinski definition) is 0. The van der Waals surface area contributed by atoms with Crippen LogP contribution in [0.5, 0.6) is 6.01 Å². The van der Waals surface area contributed by atoms with Gasteiger partial charge in [0.05, 0.1) is 0 Å². The molecule has 0 aliphatic carbocycles. The molecular weight excluding hydrogens is 414 g/mol. The molecular formula is C23H22ClN5O2. The molecule has 0 saturated heterocycles. The van der Waals surface area contributed by atoms with Crippen molar-refractivity contribution in [3.8, 4) is 6.01 Å². The fraction of sp³-hybridized carbons (Fsp3) is 0.217. The first-order valence-electron chi connectivity index (χ1n) is 10.0. The Bertz CT molecular complexity index is 1090. The molecule has 158 valence electrons. The third kappa shape index (κ3) is 6.52. The summed E-state index contributed by atoms with van der Waals surface area (Å²) in [5.41, 5.74) is 2.77. The van der Waals surface area contributed by atoms with Crippen LogP contribution in [0.2, 0.25) is 5.02 Å². The number of aromatic nitrogens is 5. The first-order chi connectivity index (χ1) is 15.2. The summed E-state index contributed by atoms with van der Waals surface area (Å²) in [6.45, 7) is 1.16. The zero-order valence-electron chi connectivity index (χ0n) is 16.9. The molecule has 0 N–H and O–H groups in total. The van der Waals surface area contributed by atoms with Gasteiger partial charge in [-0.1, -0.05) is 23.7 Å². The maximum Gasteiger partial charge on any atom is 0.316 e. The van der Waals surface area contributed by atoms with Gasteiger partial charge >= 0.3 is 6.01 Å². The van der Waals surface area contributed by atoms with E-state index in [1.54, 1.807) is 30.9 Å². The number of rotatable bonds is 10. The SMILES string of the molecule is Clc1ccc(/C=C/c2nc(COc3ncc(CCCCn4cccn4)cn3)co2)cc1. The largest absolute Gasteiger partial charge is 0.457 e. The Morgan fingerprint density at radius 3 is 2.68 bits per heavy atom. The molecule has 0 aliphatic rings. The molecule has 4 aromatic rings. The highest BCUT2D eigenvalue weighted by Crippen LogP contribution is 2.14. The summed E-state index contributed by atoms with van der Waals surface area (Å²) in [5, 5.41) is 4.90. The Hall–Kier alpha value is -3.45. The standard InChI is InChI=1S/C23H22ClN5O2/c24-20-8-5-18(6-9-20)7-10-22-28-21(16-30-22)17-31-23-25-14-19(15-26-23)4-1-2-12-29-13-3-11-27-29/h3,5-11,13-16H,1-2,4,12,17H2/b10-7+. The van der Waals surface area contributed by atoms with Crippen LogP contribution in [0.4, 0.5) is 0 Å². The van der Waals surface area contributed by atoms with E-state index in [2.05, 4.69) is 20.1 Å². The highest BCUT2D eigenvalue weighted by molar-refractivity contribution is 6.30. The van der Waals surface area contributed by atoms with Gasteiger partial charge in [0, 0.05) is 42.4 Å². The lowest BCUT2D eigenvalue weighted by Crippen LogP contribution is -2.01. The molecule has 3 heterocycles. The molecule has 3 aromatic heterocycles. The summed E-state index contributed by atoms with van der Waals surface area (Å²) < 4.78 is 13.0. The second-order valence-electron chi connectivity index (χ2n) is 6.95. The third-order valence-corrected chi connectivity index (χ3v) is 4.80. The van der Waals surface area contributed by atoms with Crippen LogP contribution < -0.4 is 4.74 Å². The topological polar surface area (TPSA) is 78.9 Å². The van der Waals surface area contributed by atoms with Crippen molar-refractivity contribution in [1.82, 2.24) is 24.7 Å². The minimum atomic E-state index is 0.238. The monoisotopic (exact) mass is 435 g/mol. The van der Waals surface area contributed by atoms with Gasteiger partial charge in [-0.15, -0.1) is 0 Å². The Labute approximate surface area is 185 Å². The molecule has 0 aliphatic heterocycles. The van der Waals surface area contributed by atoms with Gasteiger partial charge in [-0.05, 0) is 54.7 Å². The summed E-state index contributed by atoms with van der Waals surface area (Å²) in [4.78, 5) is 12.9. The van der Waals surface area contributed by atoms with Crippen molar-refractivity contribution < 1.29 is 9.15 Å². The molecule has 7 nitrogen and oxygen atoms in total. The molecule has 0 saturated carbocycles. The van der Waals surface area contributed by atoms with Crippen molar-refractivity contribution in [2.75, 3.05) is 0 Å². The van der Waals surface area contributed by atoms with Crippen LogP contribution in [-0.4, -0.2) is 24.7 Å². The molecule has 0 unspecified atom stereocenters. The van der Waals surface area contributed by atoms with Gasteiger partial charge in [-0.3, -0.25) is 4.68 Å². The van der Waals surface area contributed by atoms with Gasteiger partial charge in [0.15, 0.2) is 0 Å². The lowest BCUT2D eigenvalue weighted by Gasteiger charge is -2.04. The number of halogens is 1. The maximum atomic E-state index is 5.89. The van der Waals surface area contributed by atoms with Gasteiger partial charge in [-0.2, -0.15) is 5.10 Å². The second-order valence-corrected chi connectivity index (χ2v) is 7.39. The molecule has 0 amide bonds. The number of nitrogens with zero attached hydrogens (tertiary/aromatic N) is 5. The van der Waals surface area contributed by atoms with Crippen molar-refractivity contribution in [2.45, 2.75) is 32.4 Å². The van der Waals surface area contributed by atoms with Crippen LogP contribution in [0.3, 0.4) is 0 Å². The molecule has 0 radical (unpaired) electrons. The fourth-order valence-corrected chi connectivity index (χ4v) is 3.05. The van der Waals surface area contributed by atoms with Crippen molar-refractivity contribution in [2.24, 2.45) is 0 Å². The number of benzene rings is 1. The second kappa shape index (κ2) is 10.5. The van der Waals surface area contributed by atoms with Crippen LogP contribution in [0.25, 0.3) is 12.2 Å². The Morgan fingerprint density at radius 2 is 1.90 bits per heavy atom. The lowest BCUT2D eigenvalue weighted by molar-refractivity contribution is 0.275. The van der Waals surface area contributed by atoms with Gasteiger partial charge in [-0.25, -0.2) is 15.0 Å². The summed E-state index contributed by atoms with van der Waals surface area (Å²) >= 11 is 5.89. The van der Waals surface area contributed by atoms with E-state index in [4.69, 9.17) is 20.8 Å². The number of ether oxygens (including phenoxy) is 1. The molecule has 0 bridgehead atoms. The Balaban J connectivity index is 1.20. The molecule has 0 atom stereocenters. The van der Waals surface area contributed by atoms with Crippen LogP contribution in [0, 0.1) is 0 Å². The molecule has 4 rings (SSSR count). The molecule has 8 heteroatoms. The molecule has 0 spiro atoms. The van der Waals surface area contributed by atoms with E-state index in [0.717, 1.165) is 36.9 Å². The first kappa shape index (κ1) is 20.8. The molecule has 0 fully saturated rings. The number of aryl methyl sites for hydroxylation is 2. The summed E-state index contributed by atoms with van der Waals surface area (Å²) in [5.74, 6) is 0.500. The van der Waals surface area contributed by atoms with E-state index in [0.29, 0.717) is 22.6 Å². The highest BCUT2D eigenvalue weighted by Gasteiger charge is 2.05. The Kier molecular flexibility index (Phi) is 7.08. The van der Waals surface area contributed by atoms with Gasteiger partial charge < -0.3 is 9.15 Å². The van der Waals surface area contributed by atoms with E-state index >= 15 is 0 Å².